The average Bonchev–Trinajstić information content (AvgIpc) is 2.81. The summed E-state index contributed by atoms with van der Waals surface area (Å²) in [7, 11) is -1.85. The fraction of sp³-hybridized carbons (Fsp3) is 0.200. The number of hydrogen-bond acceptors (Lipinski definition) is 3. The summed E-state index contributed by atoms with van der Waals surface area (Å²) in [5, 5.41) is 2.21. The van der Waals surface area contributed by atoms with Crippen LogP contribution in [0.15, 0.2) is 77.5 Å². The molecule has 0 amide bonds. The molecule has 2 aromatic heterocycles. The van der Waals surface area contributed by atoms with Crippen LogP contribution in [0.4, 0.5) is 5.69 Å². The van der Waals surface area contributed by atoms with Gasteiger partial charge in [0.15, 0.2) is 0 Å². The molecule has 0 unspecified atom stereocenters. The number of aryl methyl sites for hydroxylation is 4. The molecule has 0 saturated heterocycles. The van der Waals surface area contributed by atoms with Crippen molar-refractivity contribution < 1.29 is 0 Å². The second-order valence-electron chi connectivity index (χ2n) is 9.58. The molecule has 4 heteroatoms. The van der Waals surface area contributed by atoms with Crippen LogP contribution in [0, 0.1) is 27.7 Å². The molecule has 0 aliphatic carbocycles. The first-order chi connectivity index (χ1) is 16.2. The highest BCUT2D eigenvalue weighted by Gasteiger charge is 2.16. The van der Waals surface area contributed by atoms with E-state index in [2.05, 4.69) is 114 Å². The van der Waals surface area contributed by atoms with Gasteiger partial charge in [0.05, 0.1) is 27.8 Å². The summed E-state index contributed by atoms with van der Waals surface area (Å²) in [5.41, 5.74) is 11.1. The van der Waals surface area contributed by atoms with E-state index in [0.29, 0.717) is 0 Å². The van der Waals surface area contributed by atoms with E-state index in [1.165, 1.54) is 27.8 Å². The molecule has 0 radical (unpaired) electrons. The Morgan fingerprint density at radius 1 is 0.588 bits per heavy atom. The second kappa shape index (κ2) is 8.49. The Labute approximate surface area is 202 Å². The monoisotopic (exact) mass is 463 g/mol. The summed E-state index contributed by atoms with van der Waals surface area (Å²) in [4.78, 5) is 10.4. The Morgan fingerprint density at radius 3 is 1.71 bits per heavy atom. The van der Waals surface area contributed by atoms with Crippen molar-refractivity contribution in [3.05, 3.63) is 95.1 Å². The molecule has 0 N–H and O–H groups in total. The largest absolute Gasteiger partial charge is 0.261 e. The number of aromatic nitrogens is 2. The zero-order valence-corrected chi connectivity index (χ0v) is 21.6. The third-order valence-corrected chi connectivity index (χ3v) is 8.66. The average molecular weight is 464 g/mol. The highest BCUT2D eigenvalue weighted by molar-refractivity contribution is 7.72. The Balaban J connectivity index is 1.73. The van der Waals surface area contributed by atoms with Crippen molar-refractivity contribution in [2.45, 2.75) is 27.7 Å². The summed E-state index contributed by atoms with van der Waals surface area (Å²) in [6, 6.07) is 25.6. The van der Waals surface area contributed by atoms with Gasteiger partial charge in [-0.3, -0.25) is 4.74 Å². The Hall–Kier alpha value is -3.29. The van der Waals surface area contributed by atoms with Crippen LogP contribution in [0.5, 0.6) is 0 Å². The van der Waals surface area contributed by atoms with Gasteiger partial charge in [-0.25, -0.2) is 9.97 Å². The molecule has 0 spiro atoms. The van der Waals surface area contributed by atoms with E-state index in [0.717, 1.165) is 38.6 Å². The van der Waals surface area contributed by atoms with Crippen LogP contribution in [0.1, 0.15) is 22.3 Å². The fourth-order valence-electron chi connectivity index (χ4n) is 4.68. The lowest BCUT2D eigenvalue weighted by molar-refractivity contribution is 1.32. The standard InChI is InChI=1S/C30H30N3P/c1-19-9-7-10-20(2)27(19)25-17-15-23-13-14-24-16-18-26(32-30(24)29(23)31-25)34(5,6)33-28-21(3)11-8-12-22(28)4/h7-18H,1-6H3. The van der Waals surface area contributed by atoms with Crippen molar-refractivity contribution in [3.63, 3.8) is 0 Å². The van der Waals surface area contributed by atoms with Gasteiger partial charge in [0, 0.05) is 23.4 Å². The molecule has 5 rings (SSSR count). The van der Waals surface area contributed by atoms with Crippen molar-refractivity contribution in [2.24, 2.45) is 4.74 Å². The maximum atomic E-state index is 5.26. The quantitative estimate of drug-likeness (QED) is 0.200. The molecular formula is C30H30N3P. The van der Waals surface area contributed by atoms with Gasteiger partial charge in [-0.2, -0.15) is 0 Å². The van der Waals surface area contributed by atoms with E-state index < -0.39 is 7.05 Å². The summed E-state index contributed by atoms with van der Waals surface area (Å²) < 4.78 is 5.26. The van der Waals surface area contributed by atoms with Gasteiger partial charge in [-0.1, -0.05) is 60.7 Å². The molecule has 0 aliphatic rings. The molecule has 0 saturated carbocycles. The van der Waals surface area contributed by atoms with Crippen LogP contribution >= 0.6 is 7.05 Å². The molecule has 3 aromatic carbocycles. The van der Waals surface area contributed by atoms with Gasteiger partial charge in [0.2, 0.25) is 0 Å². The Morgan fingerprint density at radius 2 is 1.09 bits per heavy atom. The minimum Gasteiger partial charge on any atom is -0.261 e. The summed E-state index contributed by atoms with van der Waals surface area (Å²) in [6.45, 7) is 13.0. The first-order valence-corrected chi connectivity index (χ1v) is 14.3. The smallest absolute Gasteiger partial charge is 0.0973 e. The van der Waals surface area contributed by atoms with Gasteiger partial charge in [0.25, 0.3) is 0 Å². The molecule has 170 valence electrons. The maximum absolute atomic E-state index is 5.26. The van der Waals surface area contributed by atoms with Crippen molar-refractivity contribution >= 4 is 40.0 Å². The number of pyridine rings is 2. The van der Waals surface area contributed by atoms with Gasteiger partial charge in [-0.05, 0) is 75.4 Å². The zero-order chi connectivity index (χ0) is 24.0. The summed E-state index contributed by atoms with van der Waals surface area (Å²) >= 11 is 0. The van der Waals surface area contributed by atoms with Gasteiger partial charge in [0.1, 0.15) is 0 Å². The van der Waals surface area contributed by atoms with Crippen molar-refractivity contribution in [1.29, 1.82) is 0 Å². The Kier molecular flexibility index (Phi) is 5.62. The maximum Gasteiger partial charge on any atom is 0.0973 e. The lowest BCUT2D eigenvalue weighted by Gasteiger charge is -2.17. The van der Waals surface area contributed by atoms with Crippen LogP contribution in [0.2, 0.25) is 0 Å². The molecule has 34 heavy (non-hydrogen) atoms. The third kappa shape index (κ3) is 3.95. The van der Waals surface area contributed by atoms with Crippen molar-refractivity contribution in [1.82, 2.24) is 9.97 Å². The minimum atomic E-state index is -1.85. The highest BCUT2D eigenvalue weighted by Crippen LogP contribution is 2.45. The molecule has 2 heterocycles. The van der Waals surface area contributed by atoms with Crippen LogP contribution < -0.4 is 5.44 Å². The first kappa shape index (κ1) is 22.5. The molecular weight excluding hydrogens is 433 g/mol. The van der Waals surface area contributed by atoms with E-state index in [1.807, 2.05) is 0 Å². The molecule has 5 aromatic rings. The number of hydrogen-bond donors (Lipinski definition) is 0. The Bertz CT molecular complexity index is 1590. The van der Waals surface area contributed by atoms with E-state index in [4.69, 9.17) is 14.7 Å². The van der Waals surface area contributed by atoms with E-state index >= 15 is 0 Å². The van der Waals surface area contributed by atoms with E-state index in [-0.39, 0.29) is 0 Å². The third-order valence-electron chi connectivity index (χ3n) is 6.59. The van der Waals surface area contributed by atoms with Crippen LogP contribution in [-0.4, -0.2) is 23.3 Å². The molecule has 3 nitrogen and oxygen atoms in total. The second-order valence-corrected chi connectivity index (χ2v) is 13.0. The molecule has 0 bridgehead atoms. The number of benzene rings is 3. The van der Waals surface area contributed by atoms with E-state index in [1.54, 1.807) is 0 Å². The zero-order valence-electron chi connectivity index (χ0n) is 20.7. The van der Waals surface area contributed by atoms with Crippen molar-refractivity contribution in [2.75, 3.05) is 13.3 Å². The number of fused-ring (bicyclic) bond motifs is 3. The van der Waals surface area contributed by atoms with Gasteiger partial charge < -0.3 is 0 Å². The predicted molar refractivity (Wildman–Crippen MR) is 148 cm³/mol. The number of nitrogens with zero attached hydrogens (tertiary/aromatic N) is 3. The molecule has 0 aliphatic heterocycles. The lowest BCUT2D eigenvalue weighted by atomic mass is 9.99. The SMILES string of the molecule is Cc1cccc(C)c1N=P(C)(C)c1ccc2ccc3ccc(-c4c(C)cccc4C)nc3c2n1. The predicted octanol–water partition coefficient (Wildman–Crippen LogP) is 8.10. The normalized spacial score (nSPS) is 11.8. The summed E-state index contributed by atoms with van der Waals surface area (Å²) in [6.07, 6.45) is 0. The van der Waals surface area contributed by atoms with Crippen molar-refractivity contribution in [3.8, 4) is 11.3 Å². The molecule has 0 fully saturated rings. The molecule has 0 atom stereocenters. The van der Waals surface area contributed by atoms with Crippen LogP contribution in [0.3, 0.4) is 0 Å². The minimum absolute atomic E-state index is 0.951. The summed E-state index contributed by atoms with van der Waals surface area (Å²) in [5.74, 6) is 0. The van der Waals surface area contributed by atoms with Crippen LogP contribution in [-0.2, 0) is 0 Å². The van der Waals surface area contributed by atoms with Crippen LogP contribution in [0.25, 0.3) is 33.1 Å². The lowest BCUT2D eigenvalue weighted by Crippen LogP contribution is -2.08. The number of rotatable bonds is 3. The fourth-order valence-corrected chi connectivity index (χ4v) is 6.39. The topological polar surface area (TPSA) is 38.1 Å². The van der Waals surface area contributed by atoms with Gasteiger partial charge >= 0.3 is 0 Å². The first-order valence-electron chi connectivity index (χ1n) is 11.7. The highest BCUT2D eigenvalue weighted by atomic mass is 31.2. The van der Waals surface area contributed by atoms with E-state index in [9.17, 15) is 0 Å². The van der Waals surface area contributed by atoms with Gasteiger partial charge in [-0.15, -0.1) is 0 Å².